The van der Waals surface area contributed by atoms with Crippen molar-refractivity contribution < 1.29 is 19.8 Å². The fourth-order valence-electron chi connectivity index (χ4n) is 1.46. The maximum Gasteiger partial charge on any atom is 0.328 e. The standard InChI is InChI=1S/C10H15NO4/c1-10(15)4-6-11(7-5-10)8(12)2-3-9(13)14/h2-3,15H,4-7H2,1H3,(H,13,14)/b3-2+. The van der Waals surface area contributed by atoms with Gasteiger partial charge >= 0.3 is 5.97 Å². The molecule has 15 heavy (non-hydrogen) atoms. The van der Waals surface area contributed by atoms with Gasteiger partial charge in [0.05, 0.1) is 5.60 Å². The number of carbonyl (C=O) groups excluding carboxylic acids is 1. The molecule has 5 heteroatoms. The monoisotopic (exact) mass is 213 g/mol. The second kappa shape index (κ2) is 4.44. The Bertz CT molecular complexity index is 286. The smallest absolute Gasteiger partial charge is 0.328 e. The molecule has 0 bridgehead atoms. The summed E-state index contributed by atoms with van der Waals surface area (Å²) in [6, 6.07) is 0. The molecule has 0 aromatic rings. The van der Waals surface area contributed by atoms with Crippen LogP contribution in [0.1, 0.15) is 19.8 Å². The van der Waals surface area contributed by atoms with E-state index in [9.17, 15) is 14.7 Å². The molecule has 0 unspecified atom stereocenters. The molecule has 84 valence electrons. The van der Waals surface area contributed by atoms with Crippen molar-refractivity contribution in [3.05, 3.63) is 12.2 Å². The summed E-state index contributed by atoms with van der Waals surface area (Å²) < 4.78 is 0. The first-order valence-corrected chi connectivity index (χ1v) is 4.83. The van der Waals surface area contributed by atoms with Crippen molar-refractivity contribution in [3.63, 3.8) is 0 Å². The first-order valence-electron chi connectivity index (χ1n) is 4.83. The molecule has 1 aliphatic rings. The van der Waals surface area contributed by atoms with Gasteiger partial charge in [-0.25, -0.2) is 4.79 Å². The lowest BCUT2D eigenvalue weighted by atomic mass is 9.94. The van der Waals surface area contributed by atoms with Crippen molar-refractivity contribution in [2.45, 2.75) is 25.4 Å². The Balaban J connectivity index is 2.47. The zero-order valence-corrected chi connectivity index (χ0v) is 8.64. The largest absolute Gasteiger partial charge is 0.478 e. The maximum atomic E-state index is 11.4. The average molecular weight is 213 g/mol. The number of carboxylic acid groups (broad SMARTS) is 1. The highest BCUT2D eigenvalue weighted by Crippen LogP contribution is 2.20. The summed E-state index contributed by atoms with van der Waals surface area (Å²) in [5.74, 6) is -1.44. The van der Waals surface area contributed by atoms with Gasteiger partial charge in [-0.15, -0.1) is 0 Å². The zero-order chi connectivity index (χ0) is 11.5. The van der Waals surface area contributed by atoms with Crippen molar-refractivity contribution in [3.8, 4) is 0 Å². The van der Waals surface area contributed by atoms with Crippen LogP contribution in [0.3, 0.4) is 0 Å². The average Bonchev–Trinajstić information content (AvgIpc) is 2.14. The van der Waals surface area contributed by atoms with Crippen LogP contribution < -0.4 is 0 Å². The first-order chi connectivity index (χ1) is 6.91. The lowest BCUT2D eigenvalue weighted by molar-refractivity contribution is -0.133. The molecule has 1 heterocycles. The molecule has 1 saturated heterocycles. The summed E-state index contributed by atoms with van der Waals surface area (Å²) >= 11 is 0. The molecule has 0 radical (unpaired) electrons. The van der Waals surface area contributed by atoms with Crippen LogP contribution in [0.2, 0.25) is 0 Å². The molecule has 1 amide bonds. The van der Waals surface area contributed by atoms with Gasteiger partial charge in [0.25, 0.3) is 0 Å². The van der Waals surface area contributed by atoms with Crippen LogP contribution >= 0.6 is 0 Å². The normalized spacial score (nSPS) is 20.5. The number of hydrogen-bond donors (Lipinski definition) is 2. The molecule has 0 aromatic carbocycles. The second-order valence-corrected chi connectivity index (χ2v) is 3.99. The van der Waals surface area contributed by atoms with Gasteiger partial charge in [-0.1, -0.05) is 0 Å². The topological polar surface area (TPSA) is 77.8 Å². The minimum atomic E-state index is -1.13. The molecule has 2 N–H and O–H groups in total. The van der Waals surface area contributed by atoms with Crippen molar-refractivity contribution in [1.29, 1.82) is 0 Å². The number of rotatable bonds is 2. The van der Waals surface area contributed by atoms with E-state index in [0.717, 1.165) is 12.2 Å². The summed E-state index contributed by atoms with van der Waals surface area (Å²) in [5, 5.41) is 18.0. The van der Waals surface area contributed by atoms with Crippen LogP contribution in [0.5, 0.6) is 0 Å². The van der Waals surface area contributed by atoms with Gasteiger partial charge in [0, 0.05) is 25.2 Å². The van der Waals surface area contributed by atoms with Gasteiger partial charge < -0.3 is 15.1 Å². The number of aliphatic carboxylic acids is 1. The molecule has 0 atom stereocenters. The van der Waals surface area contributed by atoms with Crippen LogP contribution in [-0.4, -0.2) is 45.7 Å². The highest BCUT2D eigenvalue weighted by Gasteiger charge is 2.28. The molecule has 1 fully saturated rings. The van der Waals surface area contributed by atoms with Crippen LogP contribution in [0.4, 0.5) is 0 Å². The van der Waals surface area contributed by atoms with Crippen molar-refractivity contribution >= 4 is 11.9 Å². The van der Waals surface area contributed by atoms with Crippen LogP contribution in [0, 0.1) is 0 Å². The summed E-state index contributed by atoms with van der Waals surface area (Å²) in [6.45, 7) is 2.67. The van der Waals surface area contributed by atoms with E-state index in [2.05, 4.69) is 0 Å². The summed E-state index contributed by atoms with van der Waals surface area (Å²) in [4.78, 5) is 23.1. The van der Waals surface area contributed by atoms with Crippen molar-refractivity contribution in [2.75, 3.05) is 13.1 Å². The molecular weight excluding hydrogens is 198 g/mol. The Morgan fingerprint density at radius 3 is 2.27 bits per heavy atom. The minimum absolute atomic E-state index is 0.312. The number of amides is 1. The van der Waals surface area contributed by atoms with E-state index in [1.807, 2.05) is 0 Å². The first kappa shape index (κ1) is 11.7. The molecule has 0 spiro atoms. The van der Waals surface area contributed by atoms with E-state index in [1.54, 1.807) is 6.92 Å². The van der Waals surface area contributed by atoms with E-state index in [1.165, 1.54) is 4.90 Å². The third-order valence-corrected chi connectivity index (χ3v) is 2.52. The van der Waals surface area contributed by atoms with Crippen LogP contribution in [-0.2, 0) is 9.59 Å². The molecule has 0 saturated carbocycles. The predicted molar refractivity (Wildman–Crippen MR) is 53.2 cm³/mol. The van der Waals surface area contributed by atoms with E-state index in [-0.39, 0.29) is 5.91 Å². The van der Waals surface area contributed by atoms with Gasteiger partial charge in [0.2, 0.25) is 5.91 Å². The fraction of sp³-hybridized carbons (Fsp3) is 0.600. The predicted octanol–water partition coefficient (Wildman–Crippen LogP) is 0.000600. The second-order valence-electron chi connectivity index (χ2n) is 3.99. The van der Waals surface area contributed by atoms with Gasteiger partial charge in [0.1, 0.15) is 0 Å². The molecule has 0 aromatic heterocycles. The quantitative estimate of drug-likeness (QED) is 0.633. The van der Waals surface area contributed by atoms with E-state index in [4.69, 9.17) is 5.11 Å². The summed E-state index contributed by atoms with van der Waals surface area (Å²) in [6.07, 6.45) is 2.93. The number of carbonyl (C=O) groups is 2. The Labute approximate surface area is 88.0 Å². The van der Waals surface area contributed by atoms with Crippen LogP contribution in [0.15, 0.2) is 12.2 Å². The Hall–Kier alpha value is -1.36. The number of nitrogens with zero attached hydrogens (tertiary/aromatic N) is 1. The number of carboxylic acids is 1. The zero-order valence-electron chi connectivity index (χ0n) is 8.64. The lowest BCUT2D eigenvalue weighted by Gasteiger charge is -2.35. The van der Waals surface area contributed by atoms with Gasteiger partial charge in [0.15, 0.2) is 0 Å². The maximum absolute atomic E-state index is 11.4. The lowest BCUT2D eigenvalue weighted by Crippen LogP contribution is -2.44. The van der Waals surface area contributed by atoms with Crippen molar-refractivity contribution in [1.82, 2.24) is 4.90 Å². The number of piperidine rings is 1. The van der Waals surface area contributed by atoms with Gasteiger partial charge in [-0.2, -0.15) is 0 Å². The fourth-order valence-corrected chi connectivity index (χ4v) is 1.46. The Morgan fingerprint density at radius 2 is 1.80 bits per heavy atom. The summed E-state index contributed by atoms with van der Waals surface area (Å²) in [5.41, 5.74) is -0.701. The highest BCUT2D eigenvalue weighted by molar-refractivity contribution is 5.93. The van der Waals surface area contributed by atoms with Gasteiger partial charge in [-0.3, -0.25) is 4.79 Å². The molecule has 1 aliphatic heterocycles. The van der Waals surface area contributed by atoms with Crippen LogP contribution in [0.25, 0.3) is 0 Å². The van der Waals surface area contributed by atoms with E-state index >= 15 is 0 Å². The van der Waals surface area contributed by atoms with Gasteiger partial charge in [-0.05, 0) is 19.8 Å². The number of aliphatic hydroxyl groups is 1. The number of hydrogen-bond acceptors (Lipinski definition) is 3. The Kier molecular flexibility index (Phi) is 3.47. The highest BCUT2D eigenvalue weighted by atomic mass is 16.4. The summed E-state index contributed by atoms with van der Waals surface area (Å²) in [7, 11) is 0. The number of likely N-dealkylation sites (tertiary alicyclic amines) is 1. The molecule has 0 aliphatic carbocycles. The Morgan fingerprint density at radius 1 is 1.27 bits per heavy atom. The minimum Gasteiger partial charge on any atom is -0.478 e. The molecular formula is C10H15NO4. The molecule has 5 nitrogen and oxygen atoms in total. The van der Waals surface area contributed by atoms with Crippen molar-refractivity contribution in [2.24, 2.45) is 0 Å². The SMILES string of the molecule is CC1(O)CCN(C(=O)/C=C/C(=O)O)CC1. The van der Waals surface area contributed by atoms with E-state index < -0.39 is 11.6 Å². The molecule has 1 rings (SSSR count). The van der Waals surface area contributed by atoms with E-state index in [0.29, 0.717) is 25.9 Å². The third-order valence-electron chi connectivity index (χ3n) is 2.52. The third kappa shape index (κ3) is 3.71.